The SMILES string of the molecule is N[C@@H]1CC[C@]2(CCN(CCO)C2)C1. The van der Waals surface area contributed by atoms with Crippen molar-refractivity contribution in [1.82, 2.24) is 4.90 Å². The van der Waals surface area contributed by atoms with Gasteiger partial charge in [0.05, 0.1) is 6.61 Å². The first-order valence-corrected chi connectivity index (χ1v) is 5.33. The van der Waals surface area contributed by atoms with Crippen LogP contribution in [-0.2, 0) is 0 Å². The van der Waals surface area contributed by atoms with E-state index in [1.54, 1.807) is 0 Å². The molecule has 0 radical (unpaired) electrons. The Bertz CT molecular complexity index is 186. The monoisotopic (exact) mass is 184 g/mol. The first-order valence-electron chi connectivity index (χ1n) is 5.33. The number of nitrogens with zero attached hydrogens (tertiary/aromatic N) is 1. The zero-order valence-corrected chi connectivity index (χ0v) is 8.21. The number of hydrogen-bond acceptors (Lipinski definition) is 3. The van der Waals surface area contributed by atoms with Crippen LogP contribution < -0.4 is 5.73 Å². The second-order valence-corrected chi connectivity index (χ2v) is 4.75. The molecule has 1 spiro atoms. The molecule has 0 aromatic rings. The highest BCUT2D eigenvalue weighted by atomic mass is 16.3. The van der Waals surface area contributed by atoms with Crippen molar-refractivity contribution in [2.45, 2.75) is 31.7 Å². The number of hydrogen-bond donors (Lipinski definition) is 2. The number of likely N-dealkylation sites (tertiary alicyclic amines) is 1. The van der Waals surface area contributed by atoms with Crippen LogP contribution >= 0.6 is 0 Å². The van der Waals surface area contributed by atoms with Crippen LogP contribution in [0.3, 0.4) is 0 Å². The van der Waals surface area contributed by atoms with E-state index in [0.29, 0.717) is 18.1 Å². The van der Waals surface area contributed by atoms with Gasteiger partial charge in [-0.2, -0.15) is 0 Å². The van der Waals surface area contributed by atoms with Crippen molar-refractivity contribution < 1.29 is 5.11 Å². The molecule has 0 aromatic carbocycles. The summed E-state index contributed by atoms with van der Waals surface area (Å²) in [5.41, 5.74) is 6.46. The number of rotatable bonds is 2. The minimum Gasteiger partial charge on any atom is -0.395 e. The molecule has 2 aliphatic rings. The Morgan fingerprint density at radius 2 is 2.31 bits per heavy atom. The Labute approximate surface area is 79.9 Å². The van der Waals surface area contributed by atoms with Crippen molar-refractivity contribution in [3.05, 3.63) is 0 Å². The third kappa shape index (κ3) is 1.87. The third-order valence-corrected chi connectivity index (χ3v) is 3.67. The Balaban J connectivity index is 1.89. The van der Waals surface area contributed by atoms with Gasteiger partial charge in [0.2, 0.25) is 0 Å². The predicted molar refractivity (Wildman–Crippen MR) is 52.4 cm³/mol. The predicted octanol–water partition coefficient (Wildman–Crippen LogP) is 0.182. The number of nitrogens with two attached hydrogens (primary N) is 1. The summed E-state index contributed by atoms with van der Waals surface area (Å²) in [6.45, 7) is 3.47. The van der Waals surface area contributed by atoms with Crippen LogP contribution in [0.25, 0.3) is 0 Å². The molecule has 13 heavy (non-hydrogen) atoms. The van der Waals surface area contributed by atoms with Gasteiger partial charge in [0, 0.05) is 19.1 Å². The summed E-state index contributed by atoms with van der Waals surface area (Å²) >= 11 is 0. The lowest BCUT2D eigenvalue weighted by Gasteiger charge is -2.23. The second-order valence-electron chi connectivity index (χ2n) is 4.75. The average molecular weight is 184 g/mol. The molecule has 3 nitrogen and oxygen atoms in total. The molecule has 1 aliphatic heterocycles. The van der Waals surface area contributed by atoms with Gasteiger partial charge in [0.25, 0.3) is 0 Å². The molecule has 0 amide bonds. The molecule has 2 atom stereocenters. The van der Waals surface area contributed by atoms with Gasteiger partial charge in [-0.3, -0.25) is 0 Å². The van der Waals surface area contributed by atoms with Crippen LogP contribution in [-0.4, -0.2) is 42.3 Å². The van der Waals surface area contributed by atoms with E-state index in [0.717, 1.165) is 13.1 Å². The molecule has 3 heteroatoms. The van der Waals surface area contributed by atoms with Crippen LogP contribution in [0.2, 0.25) is 0 Å². The van der Waals surface area contributed by atoms with Gasteiger partial charge < -0.3 is 15.7 Å². The maximum Gasteiger partial charge on any atom is 0.0558 e. The fourth-order valence-electron chi connectivity index (χ4n) is 2.98. The lowest BCUT2D eigenvalue weighted by molar-refractivity contribution is 0.200. The highest BCUT2D eigenvalue weighted by Crippen LogP contribution is 2.44. The summed E-state index contributed by atoms with van der Waals surface area (Å²) in [5.74, 6) is 0. The lowest BCUT2D eigenvalue weighted by Crippen LogP contribution is -2.28. The number of aliphatic hydroxyl groups excluding tert-OH is 1. The maximum atomic E-state index is 8.84. The van der Waals surface area contributed by atoms with E-state index in [2.05, 4.69) is 4.90 Å². The summed E-state index contributed by atoms with van der Waals surface area (Å²) in [6, 6.07) is 0.439. The van der Waals surface area contributed by atoms with Crippen LogP contribution in [0.5, 0.6) is 0 Å². The van der Waals surface area contributed by atoms with Crippen LogP contribution in [0.1, 0.15) is 25.7 Å². The van der Waals surface area contributed by atoms with Crippen molar-refractivity contribution in [3.63, 3.8) is 0 Å². The maximum absolute atomic E-state index is 8.84. The van der Waals surface area contributed by atoms with Gasteiger partial charge in [0.1, 0.15) is 0 Å². The molecular weight excluding hydrogens is 164 g/mol. The molecule has 3 N–H and O–H groups in total. The fourth-order valence-corrected chi connectivity index (χ4v) is 2.98. The zero-order chi connectivity index (χ0) is 9.31. The summed E-state index contributed by atoms with van der Waals surface area (Å²) in [7, 11) is 0. The van der Waals surface area contributed by atoms with E-state index in [9.17, 15) is 0 Å². The summed E-state index contributed by atoms with van der Waals surface area (Å²) in [6.07, 6.45) is 5.00. The van der Waals surface area contributed by atoms with Crippen LogP contribution in [0.15, 0.2) is 0 Å². The molecule has 1 heterocycles. The summed E-state index contributed by atoms with van der Waals surface area (Å²) < 4.78 is 0. The average Bonchev–Trinajstić information content (AvgIpc) is 2.62. The standard InChI is InChI=1S/C10H20N2O/c11-9-1-2-10(7-9)3-4-12(8-10)5-6-13/h9,13H,1-8,11H2/t9-,10+/m1/s1. The molecule has 1 aliphatic carbocycles. The Morgan fingerprint density at radius 1 is 1.46 bits per heavy atom. The lowest BCUT2D eigenvalue weighted by atomic mass is 9.85. The molecule has 0 unspecified atom stereocenters. The molecule has 76 valence electrons. The van der Waals surface area contributed by atoms with Gasteiger partial charge in [-0.15, -0.1) is 0 Å². The smallest absolute Gasteiger partial charge is 0.0558 e. The van der Waals surface area contributed by atoms with E-state index in [1.807, 2.05) is 0 Å². The summed E-state index contributed by atoms with van der Waals surface area (Å²) in [5, 5.41) is 8.84. The topological polar surface area (TPSA) is 49.5 Å². The highest BCUT2D eigenvalue weighted by Gasteiger charge is 2.42. The molecule has 0 bridgehead atoms. The normalized spacial score (nSPS) is 40.6. The van der Waals surface area contributed by atoms with Gasteiger partial charge in [-0.25, -0.2) is 0 Å². The van der Waals surface area contributed by atoms with Crippen molar-refractivity contribution >= 4 is 0 Å². The van der Waals surface area contributed by atoms with E-state index < -0.39 is 0 Å². The number of aliphatic hydroxyl groups is 1. The first-order chi connectivity index (χ1) is 6.24. The quantitative estimate of drug-likeness (QED) is 0.644. The highest BCUT2D eigenvalue weighted by molar-refractivity contribution is 4.97. The van der Waals surface area contributed by atoms with Crippen molar-refractivity contribution in [1.29, 1.82) is 0 Å². The zero-order valence-electron chi connectivity index (χ0n) is 8.21. The second kappa shape index (κ2) is 3.56. The minimum atomic E-state index is 0.294. The number of β-amino-alcohol motifs (C(OH)–C–C–N with tert-alkyl or cyclic N) is 1. The molecule has 1 saturated carbocycles. The van der Waals surface area contributed by atoms with Gasteiger partial charge >= 0.3 is 0 Å². The largest absolute Gasteiger partial charge is 0.395 e. The van der Waals surface area contributed by atoms with Gasteiger partial charge in [-0.1, -0.05) is 0 Å². The first kappa shape index (κ1) is 9.44. The van der Waals surface area contributed by atoms with Crippen molar-refractivity contribution in [2.75, 3.05) is 26.2 Å². The van der Waals surface area contributed by atoms with Crippen molar-refractivity contribution in [2.24, 2.45) is 11.1 Å². The Kier molecular flexibility index (Phi) is 2.58. The Morgan fingerprint density at radius 3 is 2.92 bits per heavy atom. The van der Waals surface area contributed by atoms with E-state index in [4.69, 9.17) is 10.8 Å². The minimum absolute atomic E-state index is 0.294. The fraction of sp³-hybridized carbons (Fsp3) is 1.00. The third-order valence-electron chi connectivity index (χ3n) is 3.67. The van der Waals surface area contributed by atoms with Crippen LogP contribution in [0.4, 0.5) is 0 Å². The van der Waals surface area contributed by atoms with Crippen LogP contribution in [0, 0.1) is 5.41 Å². The van der Waals surface area contributed by atoms with Gasteiger partial charge in [0.15, 0.2) is 0 Å². The Hall–Kier alpha value is -0.120. The van der Waals surface area contributed by atoms with Crippen molar-refractivity contribution in [3.8, 4) is 0 Å². The summed E-state index contributed by atoms with van der Waals surface area (Å²) in [4.78, 5) is 2.37. The molecule has 0 aromatic heterocycles. The molecule has 2 fully saturated rings. The van der Waals surface area contributed by atoms with Gasteiger partial charge in [-0.05, 0) is 37.6 Å². The van der Waals surface area contributed by atoms with E-state index in [1.165, 1.54) is 32.2 Å². The molecular formula is C10H20N2O. The molecule has 2 rings (SSSR count). The van der Waals surface area contributed by atoms with E-state index >= 15 is 0 Å². The molecule has 1 saturated heterocycles. The van der Waals surface area contributed by atoms with E-state index in [-0.39, 0.29) is 0 Å².